The van der Waals surface area contributed by atoms with Crippen LogP contribution in [0.1, 0.15) is 0 Å². The number of aromatic amines is 1. The fraction of sp³-hybridized carbons (Fsp3) is 0.0952. The summed E-state index contributed by atoms with van der Waals surface area (Å²) in [7, 11) is 0. The zero-order chi connectivity index (χ0) is 21.7. The van der Waals surface area contributed by atoms with Crippen molar-refractivity contribution in [3.63, 3.8) is 0 Å². The zero-order valence-corrected chi connectivity index (χ0v) is 15.9. The van der Waals surface area contributed by atoms with Gasteiger partial charge in [0.2, 0.25) is 0 Å². The maximum Gasteiger partial charge on any atom is 0.371 e. The first-order chi connectivity index (χ1) is 15.0. The molecule has 1 N–H and O–H groups in total. The number of carbonyl (C=O) groups excluding carboxylic acids is 3. The van der Waals surface area contributed by atoms with Crippen LogP contribution in [-0.2, 0) is 14.4 Å². The molecule has 1 saturated heterocycles. The minimum Gasteiger partial charge on any atom is -0.292 e. The molecule has 0 saturated carbocycles. The van der Waals surface area contributed by atoms with Crippen molar-refractivity contribution in [3.8, 4) is 5.69 Å². The lowest BCUT2D eigenvalue weighted by molar-refractivity contribution is -0.134. The van der Waals surface area contributed by atoms with Crippen molar-refractivity contribution in [2.24, 2.45) is 0 Å². The number of nitrogens with one attached hydrogen (secondary N) is 1. The van der Waals surface area contributed by atoms with Crippen LogP contribution in [0.3, 0.4) is 0 Å². The van der Waals surface area contributed by atoms with Gasteiger partial charge in [-0.1, -0.05) is 36.4 Å². The average Bonchev–Trinajstić information content (AvgIpc) is 3.08. The first-order valence-corrected chi connectivity index (χ1v) is 9.42. The second-order valence-electron chi connectivity index (χ2n) is 7.02. The lowest BCUT2D eigenvalue weighted by Crippen LogP contribution is -2.73. The van der Waals surface area contributed by atoms with E-state index in [2.05, 4.69) is 5.10 Å². The van der Waals surface area contributed by atoms with Crippen molar-refractivity contribution in [2.45, 2.75) is 12.1 Å². The SMILES string of the molecule is O=C1C=C[C@@H]2C(=O)N(c3ccccc3)C(=O)[C@H]1N2n1[nH]c(=O)n(-c2ccccc2)c1=O. The van der Waals surface area contributed by atoms with Gasteiger partial charge in [-0.15, -0.1) is 4.79 Å². The number of anilines is 1. The van der Waals surface area contributed by atoms with Crippen LogP contribution in [-0.4, -0.2) is 44.1 Å². The number of fused-ring (bicyclic) bond motifs is 2. The van der Waals surface area contributed by atoms with E-state index in [9.17, 15) is 24.0 Å². The second kappa shape index (κ2) is 6.80. The lowest BCUT2D eigenvalue weighted by atomic mass is 9.96. The van der Waals surface area contributed by atoms with Gasteiger partial charge in [0.25, 0.3) is 11.8 Å². The van der Waals surface area contributed by atoms with Crippen molar-refractivity contribution >= 4 is 23.3 Å². The smallest absolute Gasteiger partial charge is 0.292 e. The molecule has 3 heterocycles. The van der Waals surface area contributed by atoms with Gasteiger partial charge in [0, 0.05) is 0 Å². The molecule has 0 unspecified atom stereocenters. The van der Waals surface area contributed by atoms with Gasteiger partial charge < -0.3 is 0 Å². The largest absolute Gasteiger partial charge is 0.371 e. The molecule has 1 aromatic heterocycles. The van der Waals surface area contributed by atoms with Crippen molar-refractivity contribution in [3.05, 3.63) is 93.8 Å². The Bertz CT molecular complexity index is 1350. The van der Waals surface area contributed by atoms with Crippen LogP contribution < -0.4 is 21.3 Å². The van der Waals surface area contributed by atoms with Gasteiger partial charge in [0.05, 0.1) is 11.4 Å². The summed E-state index contributed by atoms with van der Waals surface area (Å²) < 4.78 is 0.864. The van der Waals surface area contributed by atoms with E-state index in [1.54, 1.807) is 60.7 Å². The highest BCUT2D eigenvalue weighted by molar-refractivity contribution is 6.30. The molecule has 2 aliphatic heterocycles. The Balaban J connectivity index is 1.66. The van der Waals surface area contributed by atoms with Gasteiger partial charge in [0.1, 0.15) is 6.04 Å². The maximum atomic E-state index is 13.2. The van der Waals surface area contributed by atoms with Crippen molar-refractivity contribution in [1.29, 1.82) is 0 Å². The molecule has 0 aliphatic carbocycles. The minimum absolute atomic E-state index is 0.306. The predicted octanol–water partition coefficient (Wildman–Crippen LogP) is -0.285. The number of hydrogen-bond donors (Lipinski definition) is 1. The molecule has 10 nitrogen and oxygen atoms in total. The lowest BCUT2D eigenvalue weighted by Gasteiger charge is -2.44. The normalized spacial score (nSPS) is 20.5. The summed E-state index contributed by atoms with van der Waals surface area (Å²) in [6, 6.07) is 13.8. The number of imide groups is 1. The molecule has 1 fully saturated rings. The molecule has 2 atom stereocenters. The first-order valence-electron chi connectivity index (χ1n) is 9.42. The quantitative estimate of drug-likeness (QED) is 0.463. The molecular weight excluding hydrogens is 402 g/mol. The highest BCUT2D eigenvalue weighted by atomic mass is 16.2. The second-order valence-corrected chi connectivity index (χ2v) is 7.02. The third-order valence-corrected chi connectivity index (χ3v) is 5.23. The Hall–Kier alpha value is -4.47. The summed E-state index contributed by atoms with van der Waals surface area (Å²) in [5.74, 6) is -2.05. The first kappa shape index (κ1) is 18.6. The standard InChI is InChI=1S/C21H15N5O5/c27-16-12-11-15-18(28)23(13-7-3-1-4-8-13)19(29)17(16)25(15)26-21(31)24(20(30)22-26)14-9-5-2-6-10-14/h1-12,15,17H,(H,22,30)/t15-,17+/m1/s1. The third-order valence-electron chi connectivity index (χ3n) is 5.23. The molecule has 3 aromatic rings. The Kier molecular flexibility index (Phi) is 4.07. The number of benzene rings is 2. The third kappa shape index (κ3) is 2.69. The fourth-order valence-corrected chi connectivity index (χ4v) is 3.85. The molecular formula is C21H15N5O5. The van der Waals surface area contributed by atoms with E-state index >= 15 is 0 Å². The number of aromatic nitrogens is 3. The number of amides is 2. The Morgan fingerprint density at radius 1 is 0.742 bits per heavy atom. The van der Waals surface area contributed by atoms with Crippen LogP contribution >= 0.6 is 0 Å². The molecule has 2 bridgehead atoms. The summed E-state index contributed by atoms with van der Waals surface area (Å²) >= 11 is 0. The predicted molar refractivity (Wildman–Crippen MR) is 110 cm³/mol. The van der Waals surface area contributed by atoms with Crippen LogP contribution in [0.2, 0.25) is 0 Å². The van der Waals surface area contributed by atoms with Gasteiger partial charge in [0.15, 0.2) is 11.8 Å². The highest BCUT2D eigenvalue weighted by Crippen LogP contribution is 2.27. The number of H-pyrrole nitrogens is 1. The molecule has 0 spiro atoms. The number of carbonyl (C=O) groups is 3. The molecule has 31 heavy (non-hydrogen) atoms. The van der Waals surface area contributed by atoms with E-state index in [0.717, 1.165) is 25.3 Å². The van der Waals surface area contributed by atoms with Crippen molar-refractivity contribution in [1.82, 2.24) is 14.5 Å². The van der Waals surface area contributed by atoms with Gasteiger partial charge in [-0.2, -0.15) is 0 Å². The van der Waals surface area contributed by atoms with E-state index in [4.69, 9.17) is 0 Å². The van der Waals surface area contributed by atoms with Crippen LogP contribution in [0.25, 0.3) is 5.69 Å². The summed E-state index contributed by atoms with van der Waals surface area (Å²) in [6.45, 7) is 0. The van der Waals surface area contributed by atoms with Gasteiger partial charge >= 0.3 is 11.4 Å². The van der Waals surface area contributed by atoms with Crippen LogP contribution in [0.15, 0.2) is 82.4 Å². The number of hydrogen-bond acceptors (Lipinski definition) is 6. The van der Waals surface area contributed by atoms with Crippen molar-refractivity contribution in [2.75, 3.05) is 9.91 Å². The Morgan fingerprint density at radius 3 is 2.00 bits per heavy atom. The summed E-state index contributed by atoms with van der Waals surface area (Å²) in [5, 5.41) is 3.38. The topological polar surface area (TPSA) is 117 Å². The zero-order valence-electron chi connectivity index (χ0n) is 15.9. The van der Waals surface area contributed by atoms with E-state index < -0.39 is 41.1 Å². The van der Waals surface area contributed by atoms with Crippen LogP contribution in [0, 0.1) is 0 Å². The summed E-state index contributed by atoms with van der Waals surface area (Å²) in [6.07, 6.45) is 2.47. The number of nitrogens with zero attached hydrogens (tertiary/aromatic N) is 4. The van der Waals surface area contributed by atoms with Crippen LogP contribution in [0.5, 0.6) is 0 Å². The summed E-state index contributed by atoms with van der Waals surface area (Å²) in [5.41, 5.74) is -0.975. The molecule has 0 radical (unpaired) electrons. The van der Waals surface area contributed by atoms with Crippen LogP contribution in [0.4, 0.5) is 5.69 Å². The van der Waals surface area contributed by atoms with E-state index in [1.165, 1.54) is 6.08 Å². The summed E-state index contributed by atoms with van der Waals surface area (Å²) in [4.78, 5) is 66.4. The van der Waals surface area contributed by atoms with Gasteiger partial charge in [-0.25, -0.2) is 24.2 Å². The monoisotopic (exact) mass is 417 g/mol. The number of piperazine rings is 1. The van der Waals surface area contributed by atoms with E-state index in [-0.39, 0.29) is 0 Å². The van der Waals surface area contributed by atoms with E-state index in [0.29, 0.717) is 11.4 Å². The van der Waals surface area contributed by atoms with Gasteiger partial charge in [-0.05, 0) is 36.4 Å². The van der Waals surface area contributed by atoms with Gasteiger partial charge in [-0.3, -0.25) is 19.4 Å². The van der Waals surface area contributed by atoms with Crippen molar-refractivity contribution < 1.29 is 14.4 Å². The Labute approximate surface area is 174 Å². The van der Waals surface area contributed by atoms with E-state index in [1.807, 2.05) is 0 Å². The number of rotatable bonds is 3. The molecule has 154 valence electrons. The Morgan fingerprint density at radius 2 is 1.35 bits per heavy atom. The highest BCUT2D eigenvalue weighted by Gasteiger charge is 2.52. The minimum atomic E-state index is -1.48. The average molecular weight is 417 g/mol. The number of para-hydroxylation sites is 2. The number of ketones is 1. The molecule has 2 aliphatic rings. The molecule has 10 heteroatoms. The maximum absolute atomic E-state index is 13.2. The molecule has 5 rings (SSSR count). The molecule has 2 amide bonds. The fourth-order valence-electron chi connectivity index (χ4n) is 3.85. The molecule has 2 aromatic carbocycles.